The van der Waals surface area contributed by atoms with Crippen molar-refractivity contribution < 1.29 is 42.2 Å². The molecule has 3 amide bonds. The van der Waals surface area contributed by atoms with Crippen molar-refractivity contribution in [1.82, 2.24) is 15.5 Å². The quantitative estimate of drug-likeness (QED) is 0.253. The number of aliphatic hydroxyl groups excluding tert-OH is 1. The molecule has 0 bridgehead atoms. The van der Waals surface area contributed by atoms with Crippen LogP contribution in [0.1, 0.15) is 46.5 Å². The molecular formula is C32H33F4N3O5S. The highest BCUT2D eigenvalue weighted by Gasteiger charge is 2.49. The Hall–Kier alpha value is -4.10. The molecule has 3 aromatic carbocycles. The number of phenols is 1. The van der Waals surface area contributed by atoms with Crippen molar-refractivity contribution in [1.29, 1.82) is 0 Å². The zero-order valence-electron chi connectivity index (χ0n) is 24.7. The summed E-state index contributed by atoms with van der Waals surface area (Å²) >= 11 is 1.28. The van der Waals surface area contributed by atoms with Gasteiger partial charge in [0.05, 0.1) is 17.5 Å². The van der Waals surface area contributed by atoms with E-state index in [-0.39, 0.29) is 35.7 Å². The van der Waals surface area contributed by atoms with Gasteiger partial charge in [-0.05, 0) is 62.6 Å². The predicted octanol–water partition coefficient (Wildman–Crippen LogP) is 4.56. The number of amides is 3. The van der Waals surface area contributed by atoms with Crippen molar-refractivity contribution in [2.45, 2.75) is 62.8 Å². The van der Waals surface area contributed by atoms with E-state index in [1.54, 1.807) is 51.1 Å². The summed E-state index contributed by atoms with van der Waals surface area (Å²) in [6.45, 7) is 4.72. The van der Waals surface area contributed by atoms with Gasteiger partial charge in [0.1, 0.15) is 17.6 Å². The summed E-state index contributed by atoms with van der Waals surface area (Å²) in [4.78, 5) is 41.7. The fourth-order valence-electron chi connectivity index (χ4n) is 5.16. The van der Waals surface area contributed by atoms with Crippen LogP contribution < -0.4 is 10.6 Å². The first-order valence-corrected chi connectivity index (χ1v) is 15.0. The van der Waals surface area contributed by atoms with Gasteiger partial charge < -0.3 is 25.7 Å². The Kier molecular flexibility index (Phi) is 10.1. The topological polar surface area (TPSA) is 119 Å². The lowest BCUT2D eigenvalue weighted by Gasteiger charge is -2.33. The van der Waals surface area contributed by atoms with E-state index < -0.39 is 58.2 Å². The third-order valence-corrected chi connectivity index (χ3v) is 9.06. The fraction of sp³-hybridized carbons (Fsp3) is 0.344. The number of aromatic hydroxyl groups is 1. The van der Waals surface area contributed by atoms with Crippen LogP contribution in [0.2, 0.25) is 0 Å². The van der Waals surface area contributed by atoms with Gasteiger partial charge in [-0.1, -0.05) is 42.5 Å². The summed E-state index contributed by atoms with van der Waals surface area (Å²) in [6, 6.07) is 13.4. The average molecular weight is 648 g/mol. The van der Waals surface area contributed by atoms with Gasteiger partial charge >= 0.3 is 6.18 Å². The second-order valence-electron chi connectivity index (χ2n) is 11.3. The van der Waals surface area contributed by atoms with Crippen LogP contribution in [0.5, 0.6) is 5.75 Å². The Labute approximate surface area is 261 Å². The Morgan fingerprint density at radius 2 is 1.73 bits per heavy atom. The first kappa shape index (κ1) is 33.8. The molecule has 1 saturated heterocycles. The van der Waals surface area contributed by atoms with Gasteiger partial charge in [-0.25, -0.2) is 4.39 Å². The van der Waals surface area contributed by atoms with E-state index >= 15 is 0 Å². The lowest BCUT2D eigenvalue weighted by atomic mass is 9.96. The molecule has 1 aliphatic rings. The number of carbonyl (C=O) groups excluding carboxylic acids is 3. The smallest absolute Gasteiger partial charge is 0.419 e. The molecule has 0 aliphatic carbocycles. The maximum atomic E-state index is 14.1. The Bertz CT molecular complexity index is 1570. The van der Waals surface area contributed by atoms with Crippen molar-refractivity contribution in [2.75, 3.05) is 5.88 Å². The summed E-state index contributed by atoms with van der Waals surface area (Å²) in [7, 11) is 0. The first-order chi connectivity index (χ1) is 21.1. The van der Waals surface area contributed by atoms with Crippen molar-refractivity contribution >= 4 is 29.5 Å². The third-order valence-electron chi connectivity index (χ3n) is 7.68. The normalized spacial score (nSPS) is 17.4. The summed E-state index contributed by atoms with van der Waals surface area (Å²) in [5.74, 6) is -3.62. The number of halogens is 4. The Morgan fingerprint density at radius 3 is 2.38 bits per heavy atom. The summed E-state index contributed by atoms with van der Waals surface area (Å²) in [5.41, 5.74) is -0.147. The summed E-state index contributed by atoms with van der Waals surface area (Å²) in [6.07, 6.45) is -6.57. The molecule has 240 valence electrons. The molecule has 4 rings (SSSR count). The van der Waals surface area contributed by atoms with Crippen LogP contribution in [-0.2, 0) is 28.7 Å². The molecule has 1 fully saturated rings. The molecule has 4 N–H and O–H groups in total. The molecule has 0 radical (unpaired) electrons. The highest BCUT2D eigenvalue weighted by molar-refractivity contribution is 8.00. The van der Waals surface area contributed by atoms with Gasteiger partial charge in [-0.15, -0.1) is 11.8 Å². The van der Waals surface area contributed by atoms with Crippen LogP contribution in [0, 0.1) is 12.7 Å². The summed E-state index contributed by atoms with van der Waals surface area (Å²) < 4.78 is 52.0. The molecule has 1 aliphatic heterocycles. The number of aliphatic hydroxyl groups is 1. The largest absolute Gasteiger partial charge is 0.508 e. The molecule has 1 heterocycles. The van der Waals surface area contributed by atoms with E-state index in [1.165, 1.54) is 34.9 Å². The van der Waals surface area contributed by atoms with Crippen molar-refractivity contribution in [3.05, 3.63) is 100 Å². The lowest BCUT2D eigenvalue weighted by Crippen LogP contribution is -2.58. The van der Waals surface area contributed by atoms with Crippen molar-refractivity contribution in [3.63, 3.8) is 0 Å². The molecular weight excluding hydrogens is 614 g/mol. The van der Waals surface area contributed by atoms with Crippen molar-refractivity contribution in [3.8, 4) is 5.75 Å². The standard InChI is InChI=1S/C32H33F4N3O5S/c1-18-21(10-7-11-25(18)40)28(42)38-24(15-19-8-5-4-6-9-19)26(41)30(44)39-17-45-31(2,3)27(39)29(43)37-16-20-12-13-22(23(33)14-20)32(34,35)36/h4-14,24,26-27,40-41H,15-17H2,1-3H3,(H,37,43)(H,38,42)/t24-,26-,27+/m0/s1. The van der Waals surface area contributed by atoms with Crippen LogP contribution in [0.25, 0.3) is 0 Å². The van der Waals surface area contributed by atoms with Crippen molar-refractivity contribution in [2.24, 2.45) is 0 Å². The molecule has 3 atom stereocenters. The number of hydrogen-bond donors (Lipinski definition) is 4. The van der Waals surface area contributed by atoms with Gasteiger partial charge in [-0.3, -0.25) is 14.4 Å². The molecule has 8 nitrogen and oxygen atoms in total. The van der Waals surface area contributed by atoms with Gasteiger partial charge in [0.2, 0.25) is 5.91 Å². The minimum atomic E-state index is -4.86. The van der Waals surface area contributed by atoms with Crippen LogP contribution in [0.4, 0.5) is 17.6 Å². The SMILES string of the molecule is Cc1c(O)cccc1C(=O)N[C@@H](Cc1ccccc1)[C@H](O)C(=O)N1CSC(C)(C)[C@H]1C(=O)NCc1ccc(C(F)(F)F)c(F)c1. The Balaban J connectivity index is 1.54. The molecule has 0 spiro atoms. The molecule has 0 unspecified atom stereocenters. The monoisotopic (exact) mass is 647 g/mol. The fourth-order valence-corrected chi connectivity index (χ4v) is 6.30. The minimum absolute atomic E-state index is 0.0353. The first-order valence-electron chi connectivity index (χ1n) is 14.0. The number of hydrogen-bond acceptors (Lipinski definition) is 6. The maximum Gasteiger partial charge on any atom is 0.419 e. The van der Waals surface area contributed by atoms with Crippen LogP contribution in [-0.4, -0.2) is 61.6 Å². The number of nitrogens with zero attached hydrogens (tertiary/aromatic N) is 1. The minimum Gasteiger partial charge on any atom is -0.508 e. The van der Waals surface area contributed by atoms with Crippen LogP contribution in [0.3, 0.4) is 0 Å². The van der Waals surface area contributed by atoms with Gasteiger partial charge in [0, 0.05) is 22.4 Å². The van der Waals surface area contributed by atoms with E-state index in [9.17, 15) is 42.2 Å². The number of nitrogens with one attached hydrogen (secondary N) is 2. The summed E-state index contributed by atoms with van der Waals surface area (Å²) in [5, 5.41) is 26.7. The average Bonchev–Trinajstić information content (AvgIpc) is 3.30. The van der Waals surface area contributed by atoms with E-state index in [0.717, 1.165) is 11.6 Å². The molecule has 3 aromatic rings. The zero-order valence-corrected chi connectivity index (χ0v) is 25.5. The van der Waals surface area contributed by atoms with Crippen LogP contribution in [0.15, 0.2) is 66.7 Å². The van der Waals surface area contributed by atoms with Gasteiger partial charge in [0.15, 0.2) is 6.10 Å². The highest BCUT2D eigenvalue weighted by atomic mass is 32.2. The van der Waals surface area contributed by atoms with E-state index in [0.29, 0.717) is 17.7 Å². The number of benzene rings is 3. The third kappa shape index (κ3) is 7.77. The number of alkyl halides is 3. The predicted molar refractivity (Wildman–Crippen MR) is 161 cm³/mol. The lowest BCUT2D eigenvalue weighted by molar-refractivity contribution is -0.147. The molecule has 0 saturated carbocycles. The Morgan fingerprint density at radius 1 is 1.04 bits per heavy atom. The number of rotatable bonds is 9. The maximum absolute atomic E-state index is 14.1. The molecule has 0 aromatic heterocycles. The second-order valence-corrected chi connectivity index (χ2v) is 12.9. The van der Waals surface area contributed by atoms with E-state index in [1.807, 2.05) is 0 Å². The van der Waals surface area contributed by atoms with Gasteiger partial charge in [-0.2, -0.15) is 13.2 Å². The van der Waals surface area contributed by atoms with Gasteiger partial charge in [0.25, 0.3) is 11.8 Å². The van der Waals surface area contributed by atoms with E-state index in [4.69, 9.17) is 0 Å². The molecule has 13 heteroatoms. The second kappa shape index (κ2) is 13.5. The highest BCUT2D eigenvalue weighted by Crippen LogP contribution is 2.40. The molecule has 45 heavy (non-hydrogen) atoms. The van der Waals surface area contributed by atoms with Crippen LogP contribution >= 0.6 is 11.8 Å². The number of thioether (sulfide) groups is 1. The van der Waals surface area contributed by atoms with E-state index in [2.05, 4.69) is 10.6 Å². The number of phenolic OH excluding ortho intramolecular Hbond substituents is 1. The zero-order chi connectivity index (χ0) is 33.1. The number of carbonyl (C=O) groups is 3.